The van der Waals surface area contributed by atoms with Gasteiger partial charge in [0.25, 0.3) is 0 Å². The van der Waals surface area contributed by atoms with Crippen LogP contribution in [0.3, 0.4) is 0 Å². The van der Waals surface area contributed by atoms with E-state index in [9.17, 15) is 0 Å². The van der Waals surface area contributed by atoms with Gasteiger partial charge in [-0.3, -0.25) is 0 Å². The van der Waals surface area contributed by atoms with Crippen LogP contribution in [0.4, 0.5) is 0 Å². The number of benzene rings is 1. The van der Waals surface area contributed by atoms with Crippen LogP contribution >= 0.6 is 0 Å². The first-order valence-electron chi connectivity index (χ1n) is 3.47. The van der Waals surface area contributed by atoms with E-state index >= 15 is 0 Å². The molecule has 0 radical (unpaired) electrons. The average Bonchev–Trinajstić information content (AvgIpc) is 1.91. The molecule has 1 rings (SSSR count). The third-order valence-electron chi connectivity index (χ3n) is 1.38. The van der Waals surface area contributed by atoms with Crippen LogP contribution in [0, 0.1) is 0 Å². The molecule has 0 bridgehead atoms. The van der Waals surface area contributed by atoms with Gasteiger partial charge >= 0.3 is 1.43 Å². The number of rotatable bonds is 2. The number of hydrogen-bond acceptors (Lipinski definition) is 0. The standard InChI is InChI=1S/C8H12Si/c1-9-7-8-5-3-2-4-6-8/h2-6H,7,9H2,1H3/p+1. The zero-order valence-electron chi connectivity index (χ0n) is 6.80. The van der Waals surface area contributed by atoms with Crippen molar-refractivity contribution in [1.29, 1.82) is 0 Å². The molecular weight excluding hydrogens is 124 g/mol. The summed E-state index contributed by atoms with van der Waals surface area (Å²) in [6.07, 6.45) is 0. The molecule has 0 heterocycles. The van der Waals surface area contributed by atoms with Crippen molar-refractivity contribution in [1.82, 2.24) is 0 Å². The second-order valence-corrected chi connectivity index (χ2v) is 3.74. The van der Waals surface area contributed by atoms with Gasteiger partial charge in [-0.25, -0.2) is 0 Å². The zero-order valence-corrected chi connectivity index (χ0v) is 7.22. The molecule has 0 aliphatic carbocycles. The molecule has 9 heavy (non-hydrogen) atoms. The van der Waals surface area contributed by atoms with E-state index in [1.807, 2.05) is 0 Å². The molecule has 0 N–H and O–H groups in total. The SMILES string of the molecule is C[SiH2]Cc1ccccc1.[H+]. The molecule has 0 fully saturated rings. The van der Waals surface area contributed by atoms with E-state index in [4.69, 9.17) is 0 Å². The van der Waals surface area contributed by atoms with Gasteiger partial charge in [0.1, 0.15) is 0 Å². The summed E-state index contributed by atoms with van der Waals surface area (Å²) < 4.78 is 0. The largest absolute Gasteiger partial charge is 1.00 e. The predicted molar refractivity (Wildman–Crippen MR) is 45.7 cm³/mol. The van der Waals surface area contributed by atoms with E-state index in [-0.39, 0.29) is 10.9 Å². The van der Waals surface area contributed by atoms with E-state index in [2.05, 4.69) is 36.9 Å². The maximum atomic E-state index is 2.34. The van der Waals surface area contributed by atoms with Crippen molar-refractivity contribution in [2.24, 2.45) is 0 Å². The first kappa shape index (κ1) is 6.56. The van der Waals surface area contributed by atoms with E-state index in [1.54, 1.807) is 0 Å². The van der Waals surface area contributed by atoms with Gasteiger partial charge in [0.2, 0.25) is 0 Å². The Hall–Kier alpha value is -0.563. The van der Waals surface area contributed by atoms with Crippen LogP contribution in [0.25, 0.3) is 0 Å². The van der Waals surface area contributed by atoms with E-state index < -0.39 is 0 Å². The molecule has 0 saturated carbocycles. The summed E-state index contributed by atoms with van der Waals surface area (Å²) in [6.45, 7) is 2.34. The quantitative estimate of drug-likeness (QED) is 0.542. The highest BCUT2D eigenvalue weighted by molar-refractivity contribution is 6.32. The van der Waals surface area contributed by atoms with Gasteiger partial charge < -0.3 is 0 Å². The fourth-order valence-corrected chi connectivity index (χ4v) is 1.84. The molecule has 0 nitrogen and oxygen atoms in total. The number of hydrogen-bond donors (Lipinski definition) is 0. The van der Waals surface area contributed by atoms with Crippen molar-refractivity contribution < 1.29 is 1.43 Å². The molecule has 1 aromatic carbocycles. The molecular formula is C8H13Si+. The molecule has 0 atom stereocenters. The summed E-state index contributed by atoms with van der Waals surface area (Å²) in [7, 11) is 0.216. The molecule has 1 heteroatoms. The lowest BCUT2D eigenvalue weighted by molar-refractivity contribution is 1.38. The minimum absolute atomic E-state index is 0. The zero-order chi connectivity index (χ0) is 6.53. The Morgan fingerprint density at radius 1 is 1.33 bits per heavy atom. The van der Waals surface area contributed by atoms with Gasteiger partial charge in [0, 0.05) is 9.52 Å². The fraction of sp³-hybridized carbons (Fsp3) is 0.250. The normalized spacial score (nSPS) is 10.8. The summed E-state index contributed by atoms with van der Waals surface area (Å²) in [5.74, 6) is 0. The molecule has 0 aromatic heterocycles. The Morgan fingerprint density at radius 3 is 2.56 bits per heavy atom. The second kappa shape index (κ2) is 3.46. The Kier molecular flexibility index (Phi) is 2.52. The van der Waals surface area contributed by atoms with Gasteiger partial charge in [0.05, 0.1) is 0 Å². The minimum Gasteiger partial charge on any atom is -0.0746 e. The van der Waals surface area contributed by atoms with Crippen molar-refractivity contribution >= 4 is 9.52 Å². The monoisotopic (exact) mass is 137 g/mol. The predicted octanol–water partition coefficient (Wildman–Crippen LogP) is 1.52. The van der Waals surface area contributed by atoms with E-state index in [0.717, 1.165) is 0 Å². The van der Waals surface area contributed by atoms with Crippen LogP contribution in [-0.4, -0.2) is 9.52 Å². The molecule has 0 saturated heterocycles. The van der Waals surface area contributed by atoms with Crippen LogP contribution in [0.5, 0.6) is 0 Å². The van der Waals surface area contributed by atoms with Crippen LogP contribution in [-0.2, 0) is 6.04 Å². The lowest BCUT2D eigenvalue weighted by Gasteiger charge is -1.93. The Balaban J connectivity index is 0.000000810. The van der Waals surface area contributed by atoms with Gasteiger partial charge in [-0.2, -0.15) is 0 Å². The van der Waals surface area contributed by atoms with Crippen molar-refractivity contribution in [3.05, 3.63) is 35.9 Å². The van der Waals surface area contributed by atoms with Crippen molar-refractivity contribution in [2.45, 2.75) is 12.6 Å². The highest BCUT2D eigenvalue weighted by atomic mass is 28.2. The highest BCUT2D eigenvalue weighted by Gasteiger charge is 1.85. The summed E-state index contributed by atoms with van der Waals surface area (Å²) in [6, 6.07) is 12.0. The molecule has 48 valence electrons. The maximum absolute atomic E-state index is 2.34. The van der Waals surface area contributed by atoms with Gasteiger partial charge in [-0.1, -0.05) is 42.4 Å². The van der Waals surface area contributed by atoms with Crippen LogP contribution in [0.1, 0.15) is 6.99 Å². The summed E-state index contributed by atoms with van der Waals surface area (Å²) >= 11 is 0. The minimum atomic E-state index is 0. The lowest BCUT2D eigenvalue weighted by atomic mass is 10.2. The average molecular weight is 137 g/mol. The smallest absolute Gasteiger partial charge is 0.0746 e. The van der Waals surface area contributed by atoms with Crippen molar-refractivity contribution in [2.75, 3.05) is 0 Å². The van der Waals surface area contributed by atoms with Crippen LogP contribution in [0.2, 0.25) is 6.55 Å². The van der Waals surface area contributed by atoms with Crippen LogP contribution in [0.15, 0.2) is 30.3 Å². The fourth-order valence-electron chi connectivity index (χ4n) is 0.933. The van der Waals surface area contributed by atoms with Crippen molar-refractivity contribution in [3.63, 3.8) is 0 Å². The first-order chi connectivity index (χ1) is 4.43. The molecule has 0 amide bonds. The Labute approximate surface area is 60.2 Å². The Morgan fingerprint density at radius 2 is 2.00 bits per heavy atom. The highest BCUT2D eigenvalue weighted by Crippen LogP contribution is 1.97. The van der Waals surface area contributed by atoms with Gasteiger partial charge in [-0.15, -0.1) is 0 Å². The van der Waals surface area contributed by atoms with Crippen molar-refractivity contribution in [3.8, 4) is 0 Å². The van der Waals surface area contributed by atoms with E-state index in [0.29, 0.717) is 0 Å². The van der Waals surface area contributed by atoms with Crippen LogP contribution < -0.4 is 0 Å². The van der Waals surface area contributed by atoms with Gasteiger partial charge in [0.15, 0.2) is 0 Å². The molecule has 1 aromatic rings. The third kappa shape index (κ3) is 2.02. The Bertz CT molecular complexity index is 162. The lowest BCUT2D eigenvalue weighted by Crippen LogP contribution is -1.88. The topological polar surface area (TPSA) is 0 Å². The molecule has 0 spiro atoms. The first-order valence-corrected chi connectivity index (χ1v) is 5.89. The third-order valence-corrected chi connectivity index (χ3v) is 2.46. The van der Waals surface area contributed by atoms with E-state index in [1.165, 1.54) is 11.6 Å². The molecule has 0 unspecified atom stereocenters. The second-order valence-electron chi connectivity index (χ2n) is 2.24. The molecule has 0 aliphatic heterocycles. The molecule has 0 aliphatic rings. The van der Waals surface area contributed by atoms with Gasteiger partial charge in [-0.05, 0) is 6.04 Å². The summed E-state index contributed by atoms with van der Waals surface area (Å²) in [5.41, 5.74) is 1.51. The maximum Gasteiger partial charge on any atom is 1.00 e. The summed E-state index contributed by atoms with van der Waals surface area (Å²) in [5, 5.41) is 0. The summed E-state index contributed by atoms with van der Waals surface area (Å²) in [4.78, 5) is 0.